The molecule has 3 rings (SSSR count). The molecule has 0 radical (unpaired) electrons. The van der Waals surface area contributed by atoms with Gasteiger partial charge >= 0.3 is 0 Å². The number of fused-ring (bicyclic) bond motifs is 1. The molecule has 0 aliphatic rings. The van der Waals surface area contributed by atoms with E-state index in [4.69, 9.17) is 0 Å². The highest BCUT2D eigenvalue weighted by atomic mass is 79.9. The number of anilines is 1. The molecule has 0 saturated carbocycles. The smallest absolute Gasteiger partial charge is 0.261 e. The third-order valence-corrected chi connectivity index (χ3v) is 4.71. The number of carbonyl (C=O) groups excluding carboxylic acids is 2. The molecule has 2 aromatic carbocycles. The van der Waals surface area contributed by atoms with Gasteiger partial charge in [-0.05, 0) is 30.3 Å². The lowest BCUT2D eigenvalue weighted by Crippen LogP contribution is -2.26. The van der Waals surface area contributed by atoms with Crippen LogP contribution in [0.3, 0.4) is 0 Å². The van der Waals surface area contributed by atoms with Crippen LogP contribution in [0.4, 0.5) is 5.69 Å². The van der Waals surface area contributed by atoms with Crippen molar-refractivity contribution >= 4 is 44.3 Å². The molecular weight excluding hydrogens is 436 g/mol. The maximum atomic E-state index is 12.6. The van der Waals surface area contributed by atoms with Crippen LogP contribution in [-0.4, -0.2) is 27.9 Å². The van der Waals surface area contributed by atoms with Crippen molar-refractivity contribution in [1.29, 1.82) is 0 Å². The monoisotopic (exact) mass is 454 g/mol. The molecule has 148 valence electrons. The van der Waals surface area contributed by atoms with E-state index in [-0.39, 0.29) is 30.3 Å². The first-order valence-corrected chi connectivity index (χ1v) is 9.71. The van der Waals surface area contributed by atoms with Gasteiger partial charge in [-0.25, -0.2) is 4.98 Å². The van der Waals surface area contributed by atoms with Crippen molar-refractivity contribution in [2.75, 3.05) is 11.9 Å². The minimum Gasteiger partial charge on any atom is -0.349 e. The van der Waals surface area contributed by atoms with Crippen LogP contribution in [0.15, 0.2) is 70.7 Å². The summed E-state index contributed by atoms with van der Waals surface area (Å²) in [6.45, 7) is 4.06. The average Bonchev–Trinajstić information content (AvgIpc) is 2.72. The van der Waals surface area contributed by atoms with Gasteiger partial charge in [-0.2, -0.15) is 0 Å². The lowest BCUT2D eigenvalue weighted by Gasteiger charge is -2.11. The second kappa shape index (κ2) is 9.29. The standard InChI is InChI=1S/C21H19BrN4O3/c1-2-10-23-20(28)15-5-3-4-6-18(15)25-19(27)9-11-26-13-24-17-8-7-14(22)12-16(17)21(26)29/h2-8,12-13H,1,9-11H2,(H,23,28)(H,25,27). The molecule has 1 heterocycles. The lowest BCUT2D eigenvalue weighted by atomic mass is 10.1. The van der Waals surface area contributed by atoms with Crippen molar-refractivity contribution in [2.24, 2.45) is 0 Å². The number of benzene rings is 2. The molecule has 0 aliphatic carbocycles. The summed E-state index contributed by atoms with van der Waals surface area (Å²) < 4.78 is 2.18. The zero-order valence-corrected chi connectivity index (χ0v) is 17.1. The molecule has 8 heteroatoms. The van der Waals surface area contributed by atoms with E-state index in [2.05, 4.69) is 38.1 Å². The van der Waals surface area contributed by atoms with Crippen molar-refractivity contribution < 1.29 is 9.59 Å². The van der Waals surface area contributed by atoms with Crippen molar-refractivity contribution in [3.63, 3.8) is 0 Å². The van der Waals surface area contributed by atoms with E-state index in [0.717, 1.165) is 4.47 Å². The summed E-state index contributed by atoms with van der Waals surface area (Å²) in [6.07, 6.45) is 3.07. The summed E-state index contributed by atoms with van der Waals surface area (Å²) in [7, 11) is 0. The molecule has 2 amide bonds. The number of nitrogens with one attached hydrogen (secondary N) is 2. The fourth-order valence-electron chi connectivity index (χ4n) is 2.78. The van der Waals surface area contributed by atoms with Crippen LogP contribution in [0.25, 0.3) is 10.9 Å². The predicted octanol–water partition coefficient (Wildman–Crippen LogP) is 3.10. The number of nitrogens with zero attached hydrogens (tertiary/aromatic N) is 2. The van der Waals surface area contributed by atoms with E-state index >= 15 is 0 Å². The number of halogens is 1. The molecule has 0 atom stereocenters. The Bertz CT molecular complexity index is 1140. The minimum atomic E-state index is -0.310. The zero-order valence-electron chi connectivity index (χ0n) is 15.5. The Labute approximate surface area is 175 Å². The number of hydrogen-bond acceptors (Lipinski definition) is 4. The Hall–Kier alpha value is -3.26. The van der Waals surface area contributed by atoms with Gasteiger partial charge in [-0.3, -0.25) is 19.0 Å². The summed E-state index contributed by atoms with van der Waals surface area (Å²) in [5.41, 5.74) is 1.15. The Morgan fingerprint density at radius 2 is 2.00 bits per heavy atom. The molecule has 1 aromatic heterocycles. The first-order chi connectivity index (χ1) is 14.0. The highest BCUT2D eigenvalue weighted by molar-refractivity contribution is 9.10. The largest absolute Gasteiger partial charge is 0.349 e. The predicted molar refractivity (Wildman–Crippen MR) is 116 cm³/mol. The highest BCUT2D eigenvalue weighted by Crippen LogP contribution is 2.16. The molecule has 0 unspecified atom stereocenters. The first-order valence-electron chi connectivity index (χ1n) is 8.92. The lowest BCUT2D eigenvalue weighted by molar-refractivity contribution is -0.116. The van der Waals surface area contributed by atoms with E-state index in [9.17, 15) is 14.4 Å². The normalized spacial score (nSPS) is 10.5. The van der Waals surface area contributed by atoms with Gasteiger partial charge in [0.25, 0.3) is 11.5 Å². The van der Waals surface area contributed by atoms with E-state index in [1.165, 1.54) is 10.9 Å². The van der Waals surface area contributed by atoms with Crippen molar-refractivity contribution in [2.45, 2.75) is 13.0 Å². The Kier molecular flexibility index (Phi) is 6.56. The van der Waals surface area contributed by atoms with Gasteiger partial charge in [-0.15, -0.1) is 6.58 Å². The van der Waals surface area contributed by atoms with Crippen LogP contribution in [0, 0.1) is 0 Å². The summed E-state index contributed by atoms with van der Waals surface area (Å²) in [5, 5.41) is 5.90. The summed E-state index contributed by atoms with van der Waals surface area (Å²) >= 11 is 3.35. The van der Waals surface area contributed by atoms with Crippen molar-refractivity contribution in [3.8, 4) is 0 Å². The fourth-order valence-corrected chi connectivity index (χ4v) is 3.14. The third-order valence-electron chi connectivity index (χ3n) is 4.22. The number of aryl methyl sites for hydroxylation is 1. The van der Waals surface area contributed by atoms with Gasteiger partial charge in [-0.1, -0.05) is 34.1 Å². The first kappa shape index (κ1) is 20.5. The molecule has 3 aromatic rings. The highest BCUT2D eigenvalue weighted by Gasteiger charge is 2.13. The number of para-hydroxylation sites is 1. The molecule has 0 fully saturated rings. The maximum absolute atomic E-state index is 12.6. The zero-order chi connectivity index (χ0) is 20.8. The molecule has 0 spiro atoms. The molecule has 2 N–H and O–H groups in total. The molecule has 7 nitrogen and oxygen atoms in total. The number of amides is 2. The van der Waals surface area contributed by atoms with E-state index in [0.29, 0.717) is 28.7 Å². The molecule has 0 bridgehead atoms. The van der Waals surface area contributed by atoms with Crippen LogP contribution < -0.4 is 16.2 Å². The summed E-state index contributed by atoms with van der Waals surface area (Å²) in [4.78, 5) is 41.5. The number of hydrogen-bond donors (Lipinski definition) is 2. The van der Waals surface area contributed by atoms with Crippen LogP contribution in [-0.2, 0) is 11.3 Å². The van der Waals surface area contributed by atoms with Gasteiger partial charge in [0.2, 0.25) is 5.91 Å². The number of aromatic nitrogens is 2. The third kappa shape index (κ3) is 4.97. The van der Waals surface area contributed by atoms with Gasteiger partial charge in [0.05, 0.1) is 28.5 Å². The van der Waals surface area contributed by atoms with Crippen LogP contribution >= 0.6 is 15.9 Å². The molecule has 0 saturated heterocycles. The Morgan fingerprint density at radius 1 is 1.21 bits per heavy atom. The van der Waals surface area contributed by atoms with Gasteiger partial charge in [0, 0.05) is 24.0 Å². The van der Waals surface area contributed by atoms with E-state index in [1.54, 1.807) is 42.5 Å². The minimum absolute atomic E-state index is 0.0592. The number of carbonyl (C=O) groups is 2. The SMILES string of the molecule is C=CCNC(=O)c1ccccc1NC(=O)CCn1cnc2ccc(Br)cc2c1=O. The van der Waals surface area contributed by atoms with Gasteiger partial charge in [0.15, 0.2) is 0 Å². The van der Waals surface area contributed by atoms with Crippen LogP contribution in [0.2, 0.25) is 0 Å². The van der Waals surface area contributed by atoms with Crippen molar-refractivity contribution in [1.82, 2.24) is 14.9 Å². The maximum Gasteiger partial charge on any atom is 0.261 e. The van der Waals surface area contributed by atoms with Crippen LogP contribution in [0.5, 0.6) is 0 Å². The fraction of sp³-hybridized carbons (Fsp3) is 0.143. The van der Waals surface area contributed by atoms with Gasteiger partial charge in [0.1, 0.15) is 0 Å². The average molecular weight is 455 g/mol. The Balaban J connectivity index is 1.70. The Morgan fingerprint density at radius 3 is 2.79 bits per heavy atom. The summed E-state index contributed by atoms with van der Waals surface area (Å²) in [6, 6.07) is 12.0. The van der Waals surface area contributed by atoms with Crippen molar-refractivity contribution in [3.05, 3.63) is 81.8 Å². The number of rotatable bonds is 7. The van der Waals surface area contributed by atoms with E-state index < -0.39 is 0 Å². The molecule has 0 aliphatic heterocycles. The van der Waals surface area contributed by atoms with E-state index in [1.807, 2.05) is 6.07 Å². The second-order valence-corrected chi connectivity index (χ2v) is 7.16. The molecule has 29 heavy (non-hydrogen) atoms. The molecular formula is C21H19BrN4O3. The van der Waals surface area contributed by atoms with Gasteiger partial charge < -0.3 is 10.6 Å². The topological polar surface area (TPSA) is 93.1 Å². The summed E-state index contributed by atoms with van der Waals surface area (Å²) in [5.74, 6) is -0.614. The second-order valence-electron chi connectivity index (χ2n) is 6.25. The van der Waals surface area contributed by atoms with Crippen LogP contribution in [0.1, 0.15) is 16.8 Å². The quantitative estimate of drug-likeness (QED) is 0.536.